The van der Waals surface area contributed by atoms with Gasteiger partial charge in [0.2, 0.25) is 0 Å². The Kier molecular flexibility index (Phi) is 6.68. The topological polar surface area (TPSA) is 70.1 Å². The molecule has 1 aliphatic rings. The summed E-state index contributed by atoms with van der Waals surface area (Å²) in [6.07, 6.45) is 5.78. The van der Waals surface area contributed by atoms with Crippen LogP contribution in [0.4, 0.5) is 10.1 Å². The zero-order valence-corrected chi connectivity index (χ0v) is 17.2. The number of rotatable bonds is 7. The molecular weight excluding hydrogens is 387 g/mol. The van der Waals surface area contributed by atoms with Crippen LogP contribution < -0.4 is 10.6 Å². The molecule has 1 fully saturated rings. The molecule has 2 aromatic rings. The van der Waals surface area contributed by atoms with Crippen LogP contribution in [-0.4, -0.2) is 40.4 Å². The molecule has 0 saturated heterocycles. The van der Waals surface area contributed by atoms with E-state index in [1.807, 2.05) is 11.4 Å². The molecule has 27 heavy (non-hydrogen) atoms. The van der Waals surface area contributed by atoms with Crippen LogP contribution in [0.25, 0.3) is 11.3 Å². The Morgan fingerprint density at radius 1 is 1.30 bits per heavy atom. The number of hydrogen-bond acceptors (Lipinski definition) is 6. The predicted molar refractivity (Wildman–Crippen MR) is 109 cm³/mol. The summed E-state index contributed by atoms with van der Waals surface area (Å²) in [5.74, 6) is 0. The number of pyridine rings is 1. The fourth-order valence-electron chi connectivity index (χ4n) is 3.35. The van der Waals surface area contributed by atoms with Crippen molar-refractivity contribution >= 4 is 28.6 Å². The predicted octanol–water partition coefficient (Wildman–Crippen LogP) is 4.37. The summed E-state index contributed by atoms with van der Waals surface area (Å²) in [6.45, 7) is 3.56. The van der Waals surface area contributed by atoms with Gasteiger partial charge in [-0.1, -0.05) is 11.6 Å². The van der Waals surface area contributed by atoms with Crippen LogP contribution in [0.1, 0.15) is 44.5 Å². The average Bonchev–Trinajstić information content (AvgIpc) is 3.11. The Hall–Kier alpha value is -1.28. The van der Waals surface area contributed by atoms with E-state index in [-0.39, 0.29) is 6.67 Å². The molecule has 0 radical (unpaired) electrons. The fourth-order valence-corrected chi connectivity index (χ4v) is 4.35. The number of thiazole rings is 1. The Balaban J connectivity index is 1.73. The summed E-state index contributed by atoms with van der Waals surface area (Å²) in [7, 11) is 0. The minimum absolute atomic E-state index is 0.322. The molecule has 0 spiro atoms. The van der Waals surface area contributed by atoms with Gasteiger partial charge < -0.3 is 15.7 Å². The number of alkyl halides is 1. The third-order valence-corrected chi connectivity index (χ3v) is 6.15. The molecule has 8 heteroatoms. The van der Waals surface area contributed by atoms with Gasteiger partial charge in [0, 0.05) is 41.5 Å². The zero-order valence-electron chi connectivity index (χ0n) is 15.6. The number of nitrogens with one attached hydrogen (secondary N) is 2. The third kappa shape index (κ3) is 5.38. The normalized spacial score (nSPS) is 20.6. The molecule has 0 amide bonds. The molecule has 3 rings (SSSR count). The van der Waals surface area contributed by atoms with E-state index in [1.54, 1.807) is 20.0 Å². The van der Waals surface area contributed by atoms with Gasteiger partial charge in [-0.2, -0.15) is 0 Å². The maximum absolute atomic E-state index is 12.3. The van der Waals surface area contributed by atoms with E-state index >= 15 is 0 Å². The van der Waals surface area contributed by atoms with Crippen LogP contribution in [-0.2, 0) is 5.60 Å². The molecule has 0 atom stereocenters. The molecule has 1 saturated carbocycles. The maximum atomic E-state index is 12.3. The highest BCUT2D eigenvalue weighted by atomic mass is 35.5. The van der Waals surface area contributed by atoms with Crippen LogP contribution >= 0.6 is 22.9 Å². The first-order valence-corrected chi connectivity index (χ1v) is 10.5. The largest absolute Gasteiger partial charge is 0.383 e. The Bertz CT molecular complexity index is 756. The van der Waals surface area contributed by atoms with Crippen LogP contribution in [0.3, 0.4) is 0 Å². The molecule has 0 aliphatic heterocycles. The van der Waals surface area contributed by atoms with Crippen molar-refractivity contribution in [3.63, 3.8) is 0 Å². The lowest BCUT2D eigenvalue weighted by molar-refractivity contribution is 0.0783. The van der Waals surface area contributed by atoms with Gasteiger partial charge in [-0.15, -0.1) is 11.3 Å². The summed E-state index contributed by atoms with van der Waals surface area (Å²) in [4.78, 5) is 8.79. The molecule has 148 valence electrons. The lowest BCUT2D eigenvalue weighted by atomic mass is 9.91. The summed E-state index contributed by atoms with van der Waals surface area (Å²) in [5.41, 5.74) is 1.59. The lowest BCUT2D eigenvalue weighted by Crippen LogP contribution is -2.37. The van der Waals surface area contributed by atoms with Gasteiger partial charge in [0.25, 0.3) is 0 Å². The number of halogens is 2. The lowest BCUT2D eigenvalue weighted by Gasteiger charge is -2.30. The highest BCUT2D eigenvalue weighted by Crippen LogP contribution is 2.34. The van der Waals surface area contributed by atoms with Crippen molar-refractivity contribution in [2.75, 3.05) is 18.5 Å². The molecule has 0 aromatic carbocycles. The minimum Gasteiger partial charge on any atom is -0.383 e. The zero-order chi connectivity index (χ0) is 19.4. The molecule has 2 heterocycles. The van der Waals surface area contributed by atoms with Crippen LogP contribution in [0.15, 0.2) is 17.6 Å². The molecule has 0 unspecified atom stereocenters. The van der Waals surface area contributed by atoms with E-state index in [9.17, 15) is 9.50 Å². The summed E-state index contributed by atoms with van der Waals surface area (Å²) >= 11 is 7.56. The minimum atomic E-state index is -0.971. The highest BCUT2D eigenvalue weighted by molar-refractivity contribution is 7.10. The van der Waals surface area contributed by atoms with Gasteiger partial charge in [-0.05, 0) is 45.6 Å². The van der Waals surface area contributed by atoms with Crippen LogP contribution in [0, 0.1) is 0 Å². The molecule has 5 nitrogen and oxygen atoms in total. The summed E-state index contributed by atoms with van der Waals surface area (Å²) in [6, 6.07) is 2.55. The van der Waals surface area contributed by atoms with Crippen molar-refractivity contribution in [3.8, 4) is 11.3 Å². The standard InChI is InChI=1S/C19H26ClFN4OS/c1-19(2,26)18-25-16(11-27-18)14-10-23-17(20)9-15(14)24-13-5-3-12(4-6-13)22-8-7-21/h9-13,22,26H,3-8H2,1-2H3,(H,23,24). The number of aromatic nitrogens is 2. The number of nitrogens with zero attached hydrogens (tertiary/aromatic N) is 2. The van der Waals surface area contributed by atoms with E-state index in [2.05, 4.69) is 20.6 Å². The Labute approximate surface area is 168 Å². The van der Waals surface area contributed by atoms with Crippen LogP contribution in [0.2, 0.25) is 5.15 Å². The third-order valence-electron chi connectivity index (χ3n) is 4.79. The first-order chi connectivity index (χ1) is 12.9. The monoisotopic (exact) mass is 412 g/mol. The van der Waals surface area contributed by atoms with Crippen LogP contribution in [0.5, 0.6) is 0 Å². The van der Waals surface area contributed by atoms with Gasteiger partial charge >= 0.3 is 0 Å². The summed E-state index contributed by atoms with van der Waals surface area (Å²) < 4.78 is 12.3. The van der Waals surface area contributed by atoms with E-state index in [0.29, 0.717) is 28.8 Å². The van der Waals surface area contributed by atoms with E-state index in [4.69, 9.17) is 11.6 Å². The van der Waals surface area contributed by atoms with E-state index < -0.39 is 5.60 Å². The second-order valence-electron chi connectivity index (χ2n) is 7.49. The second kappa shape index (κ2) is 8.82. The fraction of sp³-hybridized carbons (Fsp3) is 0.579. The maximum Gasteiger partial charge on any atom is 0.131 e. The number of aliphatic hydroxyl groups is 1. The Morgan fingerprint density at radius 3 is 2.63 bits per heavy atom. The van der Waals surface area contributed by atoms with Gasteiger partial charge in [0.1, 0.15) is 22.4 Å². The number of hydrogen-bond donors (Lipinski definition) is 3. The SMILES string of the molecule is CC(C)(O)c1nc(-c2cnc(Cl)cc2NC2CCC(NCCF)CC2)cs1. The molecule has 0 bridgehead atoms. The van der Waals surface area contributed by atoms with E-state index in [0.717, 1.165) is 42.6 Å². The first kappa shape index (κ1) is 20.5. The highest BCUT2D eigenvalue weighted by Gasteiger charge is 2.24. The Morgan fingerprint density at radius 2 is 2.00 bits per heavy atom. The van der Waals surface area contributed by atoms with Crippen molar-refractivity contribution in [1.29, 1.82) is 0 Å². The van der Waals surface area contributed by atoms with Crippen molar-refractivity contribution in [2.45, 2.75) is 57.2 Å². The first-order valence-electron chi connectivity index (χ1n) is 9.27. The number of anilines is 1. The smallest absolute Gasteiger partial charge is 0.131 e. The van der Waals surface area contributed by atoms with Gasteiger partial charge in [-0.3, -0.25) is 0 Å². The molecule has 3 N–H and O–H groups in total. The molecular formula is C19H26ClFN4OS. The van der Waals surface area contributed by atoms with Gasteiger partial charge in [0.15, 0.2) is 0 Å². The summed E-state index contributed by atoms with van der Waals surface area (Å²) in [5, 5.41) is 20.0. The van der Waals surface area contributed by atoms with Crippen molar-refractivity contribution < 1.29 is 9.50 Å². The van der Waals surface area contributed by atoms with Crippen molar-refractivity contribution in [1.82, 2.24) is 15.3 Å². The molecule has 2 aromatic heterocycles. The average molecular weight is 413 g/mol. The van der Waals surface area contributed by atoms with Gasteiger partial charge in [0.05, 0.1) is 5.69 Å². The van der Waals surface area contributed by atoms with Crippen molar-refractivity contribution in [2.24, 2.45) is 0 Å². The quantitative estimate of drug-likeness (QED) is 0.589. The second-order valence-corrected chi connectivity index (χ2v) is 8.73. The van der Waals surface area contributed by atoms with E-state index in [1.165, 1.54) is 11.3 Å². The van der Waals surface area contributed by atoms with Crippen molar-refractivity contribution in [3.05, 3.63) is 27.8 Å². The molecule has 1 aliphatic carbocycles. The van der Waals surface area contributed by atoms with Gasteiger partial charge in [-0.25, -0.2) is 14.4 Å².